The molecule has 4 rings (SSSR count). The maximum Gasteiger partial charge on any atom is 0.255 e. The molecule has 0 aliphatic carbocycles. The first-order chi connectivity index (χ1) is 16.5. The SMILES string of the molecule is Cc1nc(N2CCOCC2)[nH]c(=O)c1CCC(=O)NCc1cccc(CN2CCOC(C)C2)c1. The molecule has 2 aliphatic rings. The lowest BCUT2D eigenvalue weighted by molar-refractivity contribution is -0.121. The number of carbonyl (C=O) groups excluding carboxylic acids is 1. The van der Waals surface area contributed by atoms with E-state index in [4.69, 9.17) is 9.47 Å². The summed E-state index contributed by atoms with van der Waals surface area (Å²) in [5, 5.41) is 2.98. The zero-order valence-corrected chi connectivity index (χ0v) is 20.1. The highest BCUT2D eigenvalue weighted by Gasteiger charge is 2.18. The van der Waals surface area contributed by atoms with Gasteiger partial charge in [-0.2, -0.15) is 0 Å². The molecule has 1 aromatic carbocycles. The Morgan fingerprint density at radius 3 is 2.76 bits per heavy atom. The maximum atomic E-state index is 12.6. The predicted octanol–water partition coefficient (Wildman–Crippen LogP) is 1.38. The van der Waals surface area contributed by atoms with Gasteiger partial charge in [-0.3, -0.25) is 19.5 Å². The fourth-order valence-electron chi connectivity index (χ4n) is 4.47. The molecule has 2 fully saturated rings. The molecule has 2 aliphatic heterocycles. The van der Waals surface area contributed by atoms with Crippen LogP contribution in [-0.4, -0.2) is 72.9 Å². The second-order valence-electron chi connectivity index (χ2n) is 9.07. The van der Waals surface area contributed by atoms with Crippen molar-refractivity contribution >= 4 is 11.9 Å². The Kier molecular flexibility index (Phi) is 8.31. The highest BCUT2D eigenvalue weighted by atomic mass is 16.5. The van der Waals surface area contributed by atoms with E-state index in [1.165, 1.54) is 5.56 Å². The van der Waals surface area contributed by atoms with Gasteiger partial charge in [-0.15, -0.1) is 0 Å². The standard InChI is InChI=1S/C25H35N5O4/c1-18-16-29(8-13-34-18)17-21-5-3-4-20(14-21)15-26-23(31)7-6-22-19(2)27-25(28-24(22)32)30-9-11-33-12-10-30/h3-5,14,18H,6-13,15-17H2,1-2H3,(H,26,31)(H,27,28,32). The number of nitrogens with zero attached hydrogens (tertiary/aromatic N) is 3. The van der Waals surface area contributed by atoms with Crippen LogP contribution in [0.5, 0.6) is 0 Å². The van der Waals surface area contributed by atoms with Crippen LogP contribution in [0.15, 0.2) is 29.1 Å². The summed E-state index contributed by atoms with van der Waals surface area (Å²) in [5.74, 6) is 0.494. The van der Waals surface area contributed by atoms with Crippen LogP contribution < -0.4 is 15.8 Å². The predicted molar refractivity (Wildman–Crippen MR) is 130 cm³/mol. The van der Waals surface area contributed by atoms with Gasteiger partial charge in [0, 0.05) is 56.9 Å². The number of aromatic amines is 1. The summed E-state index contributed by atoms with van der Waals surface area (Å²) in [6.07, 6.45) is 0.866. The largest absolute Gasteiger partial charge is 0.378 e. The molecule has 2 aromatic rings. The lowest BCUT2D eigenvalue weighted by Crippen LogP contribution is -2.40. The number of aromatic nitrogens is 2. The van der Waals surface area contributed by atoms with Crippen molar-refractivity contribution in [3.05, 3.63) is 57.0 Å². The van der Waals surface area contributed by atoms with Crippen LogP contribution in [0.4, 0.5) is 5.95 Å². The third-order valence-electron chi connectivity index (χ3n) is 6.33. The van der Waals surface area contributed by atoms with Crippen LogP contribution in [-0.2, 0) is 33.8 Å². The number of hydrogen-bond acceptors (Lipinski definition) is 7. The summed E-state index contributed by atoms with van der Waals surface area (Å²) >= 11 is 0. The van der Waals surface area contributed by atoms with Gasteiger partial charge >= 0.3 is 0 Å². The summed E-state index contributed by atoms with van der Waals surface area (Å²) in [7, 11) is 0. The zero-order chi connectivity index (χ0) is 23.9. The normalized spacial score (nSPS) is 19.2. The summed E-state index contributed by atoms with van der Waals surface area (Å²) in [4.78, 5) is 36.9. The van der Waals surface area contributed by atoms with Gasteiger partial charge in [0.25, 0.3) is 5.56 Å². The number of carbonyl (C=O) groups is 1. The average molecular weight is 470 g/mol. The van der Waals surface area contributed by atoms with E-state index in [9.17, 15) is 9.59 Å². The van der Waals surface area contributed by atoms with E-state index < -0.39 is 0 Å². The molecule has 1 unspecified atom stereocenters. The minimum atomic E-state index is -0.174. The summed E-state index contributed by atoms with van der Waals surface area (Å²) in [6, 6.07) is 8.32. The molecule has 184 valence electrons. The Hall–Kier alpha value is -2.75. The van der Waals surface area contributed by atoms with Crippen molar-refractivity contribution < 1.29 is 14.3 Å². The van der Waals surface area contributed by atoms with E-state index in [-0.39, 0.29) is 24.0 Å². The molecule has 2 saturated heterocycles. The fourth-order valence-corrected chi connectivity index (χ4v) is 4.47. The molecular formula is C25H35N5O4. The molecule has 3 heterocycles. The third kappa shape index (κ3) is 6.65. The van der Waals surface area contributed by atoms with Crippen molar-refractivity contribution in [3.8, 4) is 0 Å². The molecule has 1 amide bonds. The van der Waals surface area contributed by atoms with Gasteiger partial charge in [0.05, 0.1) is 25.9 Å². The van der Waals surface area contributed by atoms with Crippen molar-refractivity contribution in [1.29, 1.82) is 0 Å². The second-order valence-corrected chi connectivity index (χ2v) is 9.07. The van der Waals surface area contributed by atoms with Crippen LogP contribution in [0.1, 0.15) is 35.7 Å². The van der Waals surface area contributed by atoms with E-state index in [2.05, 4.69) is 39.2 Å². The number of nitrogens with one attached hydrogen (secondary N) is 2. The highest BCUT2D eigenvalue weighted by Crippen LogP contribution is 2.13. The van der Waals surface area contributed by atoms with Crippen LogP contribution in [0.2, 0.25) is 0 Å². The maximum absolute atomic E-state index is 12.6. The molecule has 2 N–H and O–H groups in total. The fraction of sp³-hybridized carbons (Fsp3) is 0.560. The first-order valence-corrected chi connectivity index (χ1v) is 12.1. The summed E-state index contributed by atoms with van der Waals surface area (Å²) in [6.45, 7) is 10.6. The van der Waals surface area contributed by atoms with E-state index >= 15 is 0 Å². The Bertz CT molecular complexity index is 1030. The van der Waals surface area contributed by atoms with Gasteiger partial charge in [0.2, 0.25) is 11.9 Å². The molecule has 0 saturated carbocycles. The van der Waals surface area contributed by atoms with Crippen molar-refractivity contribution in [1.82, 2.24) is 20.2 Å². The quantitative estimate of drug-likeness (QED) is 0.603. The van der Waals surface area contributed by atoms with E-state index in [1.54, 1.807) is 0 Å². The monoisotopic (exact) mass is 469 g/mol. The molecular weight excluding hydrogens is 434 g/mol. The lowest BCUT2D eigenvalue weighted by atomic mass is 10.1. The number of anilines is 1. The molecule has 34 heavy (non-hydrogen) atoms. The van der Waals surface area contributed by atoms with Crippen molar-refractivity contribution in [2.45, 2.75) is 45.9 Å². The molecule has 9 nitrogen and oxygen atoms in total. The van der Waals surface area contributed by atoms with Gasteiger partial charge in [-0.1, -0.05) is 24.3 Å². The van der Waals surface area contributed by atoms with Crippen molar-refractivity contribution in [2.75, 3.05) is 50.9 Å². The number of benzene rings is 1. The van der Waals surface area contributed by atoms with Gasteiger partial charge in [0.1, 0.15) is 0 Å². The lowest BCUT2D eigenvalue weighted by Gasteiger charge is -2.31. The van der Waals surface area contributed by atoms with Crippen molar-refractivity contribution in [3.63, 3.8) is 0 Å². The van der Waals surface area contributed by atoms with E-state index in [0.29, 0.717) is 56.5 Å². The van der Waals surface area contributed by atoms with E-state index in [1.807, 2.05) is 24.0 Å². The van der Waals surface area contributed by atoms with Crippen molar-refractivity contribution in [2.24, 2.45) is 0 Å². The molecule has 0 bridgehead atoms. The number of morpholine rings is 2. The van der Waals surface area contributed by atoms with Crippen LogP contribution in [0, 0.1) is 6.92 Å². The molecule has 0 radical (unpaired) electrons. The minimum absolute atomic E-state index is 0.0801. The van der Waals surface area contributed by atoms with Gasteiger partial charge in [0.15, 0.2) is 0 Å². The van der Waals surface area contributed by atoms with Crippen LogP contribution in [0.25, 0.3) is 0 Å². The van der Waals surface area contributed by atoms with Crippen LogP contribution >= 0.6 is 0 Å². The third-order valence-corrected chi connectivity index (χ3v) is 6.33. The number of hydrogen-bond donors (Lipinski definition) is 2. The summed E-state index contributed by atoms with van der Waals surface area (Å²) in [5.41, 5.74) is 3.36. The molecule has 1 atom stereocenters. The first-order valence-electron chi connectivity index (χ1n) is 12.1. The highest BCUT2D eigenvalue weighted by molar-refractivity contribution is 5.76. The number of H-pyrrole nitrogens is 1. The second kappa shape index (κ2) is 11.6. The zero-order valence-electron chi connectivity index (χ0n) is 20.1. The Balaban J connectivity index is 1.27. The number of amides is 1. The van der Waals surface area contributed by atoms with Gasteiger partial charge in [-0.05, 0) is 31.4 Å². The Labute approximate surface area is 200 Å². The minimum Gasteiger partial charge on any atom is -0.378 e. The number of aryl methyl sites for hydroxylation is 1. The van der Waals surface area contributed by atoms with E-state index in [0.717, 1.165) is 31.8 Å². The van der Waals surface area contributed by atoms with Gasteiger partial charge in [-0.25, -0.2) is 4.98 Å². The number of ether oxygens (including phenoxy) is 2. The molecule has 9 heteroatoms. The summed E-state index contributed by atoms with van der Waals surface area (Å²) < 4.78 is 11.0. The Morgan fingerprint density at radius 1 is 1.21 bits per heavy atom. The van der Waals surface area contributed by atoms with Crippen LogP contribution in [0.3, 0.4) is 0 Å². The first kappa shape index (κ1) is 24.4. The molecule has 1 aromatic heterocycles. The average Bonchev–Trinajstić information content (AvgIpc) is 2.83. The topological polar surface area (TPSA) is 99.8 Å². The molecule has 0 spiro atoms. The smallest absolute Gasteiger partial charge is 0.255 e. The number of rotatable bonds is 8. The Morgan fingerprint density at radius 2 is 2.00 bits per heavy atom. The van der Waals surface area contributed by atoms with Gasteiger partial charge < -0.3 is 19.7 Å².